The number of halogens is 1. The molecule has 3 N–H and O–H groups in total. The van der Waals surface area contributed by atoms with E-state index in [1.807, 2.05) is 6.07 Å². The molecule has 0 saturated carbocycles. The smallest absolute Gasteiger partial charge is 0.274 e. The summed E-state index contributed by atoms with van der Waals surface area (Å²) >= 11 is 5.95. The van der Waals surface area contributed by atoms with Crippen molar-refractivity contribution in [1.82, 2.24) is 4.98 Å². The van der Waals surface area contributed by atoms with E-state index in [-0.39, 0.29) is 11.5 Å². The Morgan fingerprint density at radius 2 is 2.16 bits per heavy atom. The average molecular weight is 273 g/mol. The molecule has 1 aromatic heterocycles. The standard InChI is InChI=1S/C13H9ClN4O/c14-9-5-4-8(7-15)6-11(9)18-13(19)10-2-1-3-12(16)17-10/h1-6H,(H2,16,17)(H,18,19). The molecule has 1 aromatic carbocycles. The highest BCUT2D eigenvalue weighted by molar-refractivity contribution is 6.34. The van der Waals surface area contributed by atoms with Gasteiger partial charge in [-0.15, -0.1) is 0 Å². The third-order valence-corrected chi connectivity index (χ3v) is 2.68. The van der Waals surface area contributed by atoms with Gasteiger partial charge in [0.2, 0.25) is 0 Å². The van der Waals surface area contributed by atoms with Crippen LogP contribution >= 0.6 is 11.6 Å². The minimum Gasteiger partial charge on any atom is -0.384 e. The normalized spacial score (nSPS) is 9.68. The number of pyridine rings is 1. The molecule has 6 heteroatoms. The highest BCUT2D eigenvalue weighted by Gasteiger charge is 2.10. The van der Waals surface area contributed by atoms with Gasteiger partial charge < -0.3 is 11.1 Å². The number of amides is 1. The van der Waals surface area contributed by atoms with Crippen LogP contribution < -0.4 is 11.1 Å². The molecule has 2 rings (SSSR count). The second-order valence-corrected chi connectivity index (χ2v) is 4.12. The number of nitrogens with zero attached hydrogens (tertiary/aromatic N) is 2. The van der Waals surface area contributed by atoms with Crippen molar-refractivity contribution in [2.24, 2.45) is 0 Å². The molecule has 0 bridgehead atoms. The molecule has 0 saturated heterocycles. The van der Waals surface area contributed by atoms with Gasteiger partial charge in [-0.3, -0.25) is 4.79 Å². The third kappa shape index (κ3) is 3.00. The largest absolute Gasteiger partial charge is 0.384 e. The van der Waals surface area contributed by atoms with Crippen molar-refractivity contribution in [3.8, 4) is 6.07 Å². The first kappa shape index (κ1) is 12.9. The van der Waals surface area contributed by atoms with Crippen molar-refractivity contribution < 1.29 is 4.79 Å². The van der Waals surface area contributed by atoms with Crippen LogP contribution in [0.5, 0.6) is 0 Å². The lowest BCUT2D eigenvalue weighted by Crippen LogP contribution is -2.14. The second-order valence-electron chi connectivity index (χ2n) is 3.71. The topological polar surface area (TPSA) is 91.8 Å². The first-order valence-electron chi connectivity index (χ1n) is 5.33. The zero-order chi connectivity index (χ0) is 13.8. The molecular weight excluding hydrogens is 264 g/mol. The van der Waals surface area contributed by atoms with Crippen LogP contribution in [0.25, 0.3) is 0 Å². The van der Waals surface area contributed by atoms with E-state index >= 15 is 0 Å². The lowest BCUT2D eigenvalue weighted by molar-refractivity contribution is 0.102. The Bertz CT molecular complexity index is 679. The molecule has 0 aliphatic heterocycles. The van der Waals surface area contributed by atoms with Gasteiger partial charge in [-0.05, 0) is 30.3 Å². The van der Waals surface area contributed by atoms with E-state index in [1.165, 1.54) is 12.1 Å². The van der Waals surface area contributed by atoms with Gasteiger partial charge in [0.05, 0.1) is 22.3 Å². The van der Waals surface area contributed by atoms with E-state index in [2.05, 4.69) is 10.3 Å². The number of hydrogen-bond acceptors (Lipinski definition) is 4. The SMILES string of the molecule is N#Cc1ccc(Cl)c(NC(=O)c2cccc(N)n2)c1. The number of nitrogen functional groups attached to an aromatic ring is 1. The Kier molecular flexibility index (Phi) is 3.64. The number of carbonyl (C=O) groups is 1. The highest BCUT2D eigenvalue weighted by Crippen LogP contribution is 2.23. The number of carbonyl (C=O) groups excluding carboxylic acids is 1. The molecule has 0 aliphatic carbocycles. The first-order chi connectivity index (χ1) is 9.10. The van der Waals surface area contributed by atoms with Crippen LogP contribution in [0.4, 0.5) is 11.5 Å². The van der Waals surface area contributed by atoms with Crippen molar-refractivity contribution in [3.05, 3.63) is 52.7 Å². The van der Waals surface area contributed by atoms with Crippen molar-refractivity contribution >= 4 is 29.0 Å². The van der Waals surface area contributed by atoms with Crippen LogP contribution in [-0.2, 0) is 0 Å². The minimum absolute atomic E-state index is 0.179. The molecule has 0 atom stereocenters. The van der Waals surface area contributed by atoms with Gasteiger partial charge in [0.25, 0.3) is 5.91 Å². The Morgan fingerprint density at radius 3 is 2.84 bits per heavy atom. The second kappa shape index (κ2) is 5.38. The van der Waals surface area contributed by atoms with Crippen molar-refractivity contribution in [1.29, 1.82) is 5.26 Å². The maximum absolute atomic E-state index is 11.9. The van der Waals surface area contributed by atoms with Gasteiger partial charge >= 0.3 is 0 Å². The lowest BCUT2D eigenvalue weighted by Gasteiger charge is -2.07. The predicted octanol–water partition coefficient (Wildman–Crippen LogP) is 2.44. The van der Waals surface area contributed by atoms with Crippen molar-refractivity contribution in [2.45, 2.75) is 0 Å². The van der Waals surface area contributed by atoms with Gasteiger partial charge in [0.1, 0.15) is 11.5 Å². The molecule has 94 valence electrons. The zero-order valence-electron chi connectivity index (χ0n) is 9.72. The van der Waals surface area contributed by atoms with E-state index < -0.39 is 5.91 Å². The molecule has 0 fully saturated rings. The molecule has 19 heavy (non-hydrogen) atoms. The van der Waals surface area contributed by atoms with Crippen molar-refractivity contribution in [3.63, 3.8) is 0 Å². The summed E-state index contributed by atoms with van der Waals surface area (Å²) in [5, 5.41) is 11.7. The number of hydrogen-bond donors (Lipinski definition) is 2. The molecule has 0 aliphatic rings. The molecule has 1 heterocycles. The van der Waals surface area contributed by atoms with E-state index in [4.69, 9.17) is 22.6 Å². The number of benzene rings is 1. The number of nitriles is 1. The summed E-state index contributed by atoms with van der Waals surface area (Å²) in [6.07, 6.45) is 0. The number of aromatic nitrogens is 1. The Morgan fingerprint density at radius 1 is 1.37 bits per heavy atom. The molecule has 5 nitrogen and oxygen atoms in total. The van der Waals surface area contributed by atoms with Gasteiger partial charge in [-0.2, -0.15) is 5.26 Å². The summed E-state index contributed by atoms with van der Waals surface area (Å²) in [5.74, 6) is -0.186. The predicted molar refractivity (Wildman–Crippen MR) is 72.8 cm³/mol. The monoisotopic (exact) mass is 272 g/mol. The van der Waals surface area contributed by atoms with Gasteiger partial charge in [-0.1, -0.05) is 17.7 Å². The Labute approximate surface area is 114 Å². The quantitative estimate of drug-likeness (QED) is 0.878. The number of nitrogens with one attached hydrogen (secondary N) is 1. The molecule has 0 spiro atoms. The van der Waals surface area contributed by atoms with Crippen molar-refractivity contribution in [2.75, 3.05) is 11.1 Å². The van der Waals surface area contributed by atoms with Gasteiger partial charge in [0.15, 0.2) is 0 Å². The Hall–Kier alpha value is -2.58. The molecule has 1 amide bonds. The van der Waals surface area contributed by atoms with Crippen LogP contribution in [0.3, 0.4) is 0 Å². The molecule has 2 aromatic rings. The molecule has 0 unspecified atom stereocenters. The summed E-state index contributed by atoms with van der Waals surface area (Å²) in [6.45, 7) is 0. The van der Waals surface area contributed by atoms with E-state index in [1.54, 1.807) is 24.3 Å². The van der Waals surface area contributed by atoms with Crippen LogP contribution in [0.1, 0.15) is 16.1 Å². The average Bonchev–Trinajstić information content (AvgIpc) is 2.41. The summed E-state index contributed by atoms with van der Waals surface area (Å²) in [5.41, 5.74) is 6.44. The van der Waals surface area contributed by atoms with Crippen LogP contribution in [-0.4, -0.2) is 10.9 Å². The fourth-order valence-corrected chi connectivity index (χ4v) is 1.62. The highest BCUT2D eigenvalue weighted by atomic mass is 35.5. The lowest BCUT2D eigenvalue weighted by atomic mass is 10.2. The molecular formula is C13H9ClN4O. The summed E-state index contributed by atoms with van der Waals surface area (Å²) in [6, 6.07) is 11.3. The maximum atomic E-state index is 11.9. The van der Waals surface area contributed by atoms with Gasteiger partial charge in [-0.25, -0.2) is 4.98 Å². The number of anilines is 2. The summed E-state index contributed by atoms with van der Waals surface area (Å²) < 4.78 is 0. The van der Waals surface area contributed by atoms with Crippen LogP contribution in [0, 0.1) is 11.3 Å². The van der Waals surface area contributed by atoms with Crippen LogP contribution in [0.2, 0.25) is 5.02 Å². The zero-order valence-corrected chi connectivity index (χ0v) is 10.5. The molecule has 0 radical (unpaired) electrons. The summed E-state index contributed by atoms with van der Waals surface area (Å²) in [7, 11) is 0. The first-order valence-corrected chi connectivity index (χ1v) is 5.71. The fourth-order valence-electron chi connectivity index (χ4n) is 1.45. The number of nitrogens with two attached hydrogens (primary N) is 1. The van der Waals surface area contributed by atoms with E-state index in [9.17, 15) is 4.79 Å². The third-order valence-electron chi connectivity index (χ3n) is 2.35. The maximum Gasteiger partial charge on any atom is 0.274 e. The van der Waals surface area contributed by atoms with E-state index in [0.29, 0.717) is 16.3 Å². The fraction of sp³-hybridized carbons (Fsp3) is 0. The van der Waals surface area contributed by atoms with E-state index in [0.717, 1.165) is 0 Å². The summed E-state index contributed by atoms with van der Waals surface area (Å²) in [4.78, 5) is 15.8. The van der Waals surface area contributed by atoms with Gasteiger partial charge in [0, 0.05) is 0 Å². The van der Waals surface area contributed by atoms with Crippen LogP contribution in [0.15, 0.2) is 36.4 Å². The number of rotatable bonds is 2. The minimum atomic E-state index is -0.440. The Balaban J connectivity index is 2.27.